The molecule has 0 bridgehead atoms. The highest BCUT2D eigenvalue weighted by Gasteiger charge is 2.19. The minimum absolute atomic E-state index is 0.923. The van der Waals surface area contributed by atoms with E-state index in [0.29, 0.717) is 0 Å². The van der Waals surface area contributed by atoms with Gasteiger partial charge in [-0.25, -0.2) is 0 Å². The molecule has 0 saturated carbocycles. The lowest BCUT2D eigenvalue weighted by molar-refractivity contribution is 0.674. The average Bonchev–Trinajstić information content (AvgIpc) is 4.00. The normalized spacial score (nSPS) is 12.0. The zero-order chi connectivity index (χ0) is 39.3. The van der Waals surface area contributed by atoms with Crippen LogP contribution >= 0.6 is 22.7 Å². The first kappa shape index (κ1) is 33.7. The minimum Gasteiger partial charge on any atom is -0.455 e. The Morgan fingerprint density at radius 3 is 1.65 bits per heavy atom. The van der Waals surface area contributed by atoms with Crippen molar-refractivity contribution in [2.75, 3.05) is 4.90 Å². The molecule has 0 saturated heterocycles. The molecule has 13 aromatic rings. The van der Waals surface area contributed by atoms with Gasteiger partial charge < -0.3 is 9.32 Å². The van der Waals surface area contributed by atoms with Gasteiger partial charge in [0, 0.05) is 73.7 Å². The van der Waals surface area contributed by atoms with Gasteiger partial charge in [0.15, 0.2) is 0 Å². The van der Waals surface area contributed by atoms with Crippen LogP contribution in [0.2, 0.25) is 0 Å². The lowest BCUT2D eigenvalue weighted by Crippen LogP contribution is -2.09. The van der Waals surface area contributed by atoms with Gasteiger partial charge in [0.05, 0.1) is 0 Å². The third-order valence-corrected chi connectivity index (χ3v) is 14.5. The number of thiophene rings is 2. The monoisotopic (exact) mass is 799 g/mol. The average molecular weight is 800 g/mol. The van der Waals surface area contributed by atoms with Crippen molar-refractivity contribution in [1.29, 1.82) is 0 Å². The molecule has 0 radical (unpaired) electrons. The summed E-state index contributed by atoms with van der Waals surface area (Å²) in [5.74, 6) is 0. The van der Waals surface area contributed by atoms with Gasteiger partial charge in [0.2, 0.25) is 0 Å². The smallest absolute Gasteiger partial charge is 0.144 e. The van der Waals surface area contributed by atoms with Crippen LogP contribution in [0.15, 0.2) is 205 Å². The molecule has 0 aliphatic carbocycles. The molecule has 0 unspecified atom stereocenters. The molecule has 0 aliphatic heterocycles. The van der Waals surface area contributed by atoms with Crippen LogP contribution in [0.5, 0.6) is 0 Å². The third kappa shape index (κ3) is 5.11. The topological polar surface area (TPSA) is 16.4 Å². The molecule has 0 atom stereocenters. The van der Waals surface area contributed by atoms with Crippen LogP contribution in [0.1, 0.15) is 0 Å². The molecule has 0 aliphatic rings. The summed E-state index contributed by atoms with van der Waals surface area (Å²) in [4.78, 5) is 2.38. The van der Waals surface area contributed by atoms with E-state index >= 15 is 0 Å². The summed E-state index contributed by atoms with van der Waals surface area (Å²) in [5, 5.41) is 12.4. The van der Waals surface area contributed by atoms with E-state index in [-0.39, 0.29) is 0 Å². The van der Waals surface area contributed by atoms with Gasteiger partial charge in [-0.05, 0) is 105 Å². The van der Waals surface area contributed by atoms with Crippen LogP contribution in [0.4, 0.5) is 17.1 Å². The third-order valence-electron chi connectivity index (χ3n) is 12.3. The van der Waals surface area contributed by atoms with Gasteiger partial charge in [-0.3, -0.25) is 0 Å². The Morgan fingerprint density at radius 1 is 0.317 bits per heavy atom. The Balaban J connectivity index is 0.943. The fraction of sp³-hybridized carbons (Fsp3) is 0. The van der Waals surface area contributed by atoms with E-state index in [4.69, 9.17) is 4.42 Å². The Hall–Kier alpha value is -7.24. The summed E-state index contributed by atoms with van der Waals surface area (Å²) in [7, 11) is 0. The number of benzene rings is 10. The van der Waals surface area contributed by atoms with E-state index in [1.54, 1.807) is 0 Å². The molecule has 0 fully saturated rings. The maximum atomic E-state index is 6.90. The highest BCUT2D eigenvalue weighted by Crippen LogP contribution is 2.46. The second-order valence-electron chi connectivity index (χ2n) is 15.6. The summed E-state index contributed by atoms with van der Waals surface area (Å²) < 4.78 is 12.0. The number of fused-ring (bicyclic) bond motifs is 13. The van der Waals surface area contributed by atoms with E-state index in [2.05, 4.69) is 205 Å². The Bertz CT molecular complexity index is 3830. The Morgan fingerprint density at radius 2 is 0.867 bits per heavy atom. The van der Waals surface area contributed by atoms with Crippen LogP contribution in [-0.2, 0) is 0 Å². The van der Waals surface area contributed by atoms with E-state index in [9.17, 15) is 0 Å². The zero-order valence-electron chi connectivity index (χ0n) is 32.2. The Labute approximate surface area is 353 Å². The number of nitrogens with zero attached hydrogens (tertiary/aromatic N) is 1. The molecular formula is C56H33NOS2. The minimum atomic E-state index is 0.923. The van der Waals surface area contributed by atoms with Gasteiger partial charge in [0.1, 0.15) is 11.2 Å². The lowest BCUT2D eigenvalue weighted by Gasteiger charge is -2.26. The Kier molecular flexibility index (Phi) is 7.38. The summed E-state index contributed by atoms with van der Waals surface area (Å²) in [6.45, 7) is 0. The van der Waals surface area contributed by atoms with Crippen LogP contribution in [0.3, 0.4) is 0 Å². The zero-order valence-corrected chi connectivity index (χ0v) is 33.9. The lowest BCUT2D eigenvalue weighted by atomic mass is 9.93. The maximum Gasteiger partial charge on any atom is 0.144 e. The molecule has 10 aromatic carbocycles. The van der Waals surface area contributed by atoms with Crippen molar-refractivity contribution < 1.29 is 4.42 Å². The van der Waals surface area contributed by atoms with Crippen LogP contribution in [-0.4, -0.2) is 0 Å². The van der Waals surface area contributed by atoms with Crippen LogP contribution < -0.4 is 4.90 Å². The van der Waals surface area contributed by atoms with Gasteiger partial charge in [-0.15, -0.1) is 22.7 Å². The first-order valence-corrected chi connectivity index (χ1v) is 22.0. The molecule has 13 rings (SSSR count). The molecule has 60 heavy (non-hydrogen) atoms. The molecule has 2 nitrogen and oxygen atoms in total. The van der Waals surface area contributed by atoms with Gasteiger partial charge in [-0.2, -0.15) is 0 Å². The molecule has 3 aromatic heterocycles. The second kappa shape index (κ2) is 13.1. The quantitative estimate of drug-likeness (QED) is 0.161. The van der Waals surface area contributed by atoms with Crippen molar-refractivity contribution in [3.05, 3.63) is 200 Å². The standard InChI is InChI=1S/C56H33NOS2/c1-2-11-40-36(10-1)32-49(43-13-4-3-12-42(40)43)35-22-26-38(27-23-35)57(39-28-29-45-44-14-5-7-18-50(44)60-53(45)33-39)37-24-20-34(21-25-37)41-16-9-17-46-47-30-31-52-54(56(47)58-55(41)46)48-15-6-8-19-51(48)59-52/h1-33H. The van der Waals surface area contributed by atoms with Crippen LogP contribution in [0.25, 0.3) is 106 Å². The first-order valence-electron chi connectivity index (χ1n) is 20.3. The molecule has 0 amide bonds. The largest absolute Gasteiger partial charge is 0.455 e. The fourth-order valence-electron chi connectivity index (χ4n) is 9.47. The molecule has 280 valence electrons. The summed E-state index contributed by atoms with van der Waals surface area (Å²) >= 11 is 3.68. The van der Waals surface area contributed by atoms with E-state index in [1.165, 1.54) is 73.0 Å². The van der Waals surface area contributed by atoms with Crippen molar-refractivity contribution in [2.24, 2.45) is 0 Å². The summed E-state index contributed by atoms with van der Waals surface area (Å²) in [6.07, 6.45) is 0. The van der Waals surface area contributed by atoms with E-state index in [1.807, 2.05) is 22.7 Å². The number of hydrogen-bond donors (Lipinski definition) is 0. The molecule has 0 spiro atoms. The number of furan rings is 1. The predicted molar refractivity (Wildman–Crippen MR) is 260 cm³/mol. The van der Waals surface area contributed by atoms with Crippen molar-refractivity contribution >= 4 is 124 Å². The fourth-order valence-corrected chi connectivity index (χ4v) is 11.7. The first-order chi connectivity index (χ1) is 29.7. The van der Waals surface area contributed by atoms with Gasteiger partial charge in [0.25, 0.3) is 0 Å². The summed E-state index contributed by atoms with van der Waals surface area (Å²) in [6, 6.07) is 73.2. The highest BCUT2D eigenvalue weighted by molar-refractivity contribution is 7.26. The van der Waals surface area contributed by atoms with Gasteiger partial charge in [-0.1, -0.05) is 133 Å². The van der Waals surface area contributed by atoms with Crippen LogP contribution in [0, 0.1) is 0 Å². The predicted octanol–water partition coefficient (Wildman–Crippen LogP) is 17.4. The number of para-hydroxylation sites is 1. The molecule has 0 N–H and O–H groups in total. The van der Waals surface area contributed by atoms with E-state index in [0.717, 1.165) is 50.1 Å². The number of hydrogen-bond acceptors (Lipinski definition) is 4. The summed E-state index contributed by atoms with van der Waals surface area (Å²) in [5.41, 5.74) is 9.85. The second-order valence-corrected chi connectivity index (χ2v) is 17.8. The molecule has 3 heterocycles. The molecular weight excluding hydrogens is 767 g/mol. The number of rotatable bonds is 5. The van der Waals surface area contributed by atoms with Crippen molar-refractivity contribution in [1.82, 2.24) is 0 Å². The maximum absolute atomic E-state index is 6.90. The van der Waals surface area contributed by atoms with Crippen molar-refractivity contribution in [3.8, 4) is 22.3 Å². The van der Waals surface area contributed by atoms with E-state index < -0.39 is 0 Å². The van der Waals surface area contributed by atoms with Crippen molar-refractivity contribution in [2.45, 2.75) is 0 Å². The van der Waals surface area contributed by atoms with Crippen molar-refractivity contribution in [3.63, 3.8) is 0 Å². The van der Waals surface area contributed by atoms with Gasteiger partial charge >= 0.3 is 0 Å². The number of anilines is 3. The molecule has 4 heteroatoms. The highest BCUT2D eigenvalue weighted by atomic mass is 32.1. The SMILES string of the molecule is c1ccc2c(c1)cc(-c1ccc(N(c3ccc(-c4cccc5c4oc4c5ccc5sc6ccccc6c54)cc3)c3ccc4c(c3)sc3ccccc34)cc1)c1ccccc12.